The number of nitrogens with one attached hydrogen (secondary N) is 3. The van der Waals surface area contributed by atoms with Crippen LogP contribution in [-0.2, 0) is 14.4 Å². The van der Waals surface area contributed by atoms with Crippen LogP contribution in [-0.4, -0.2) is 96.3 Å². The number of halogens is 1. The number of hydrogen-bond donors (Lipinski definition) is 3. The molecule has 3 amide bonds. The summed E-state index contributed by atoms with van der Waals surface area (Å²) in [5.74, 6) is 0.357. The fourth-order valence-electron chi connectivity index (χ4n) is 10.2. The van der Waals surface area contributed by atoms with Crippen molar-refractivity contribution in [3.63, 3.8) is 0 Å². The SMILES string of the molecule is CCC1(C(=O)NC(C)C)CCN(c2ccc(-c3nc(-c4cnn(C5CCC(N6CCC(c7ccc(N[C@H]8CCC(=O)NC8=O)cc7F)CC6)CC5)c4)cn4nccc34)cn2)CC1. The van der Waals surface area contributed by atoms with Crippen molar-refractivity contribution in [2.75, 3.05) is 36.4 Å². The van der Waals surface area contributed by atoms with E-state index in [0.717, 1.165) is 123 Å². The Hall–Kier alpha value is -5.70. The zero-order valence-electron chi connectivity index (χ0n) is 36.0. The smallest absolute Gasteiger partial charge is 0.249 e. The molecule has 326 valence electrons. The van der Waals surface area contributed by atoms with Crippen molar-refractivity contribution in [1.82, 2.24) is 44.9 Å². The number of imide groups is 1. The summed E-state index contributed by atoms with van der Waals surface area (Å²) in [4.78, 5) is 51.7. The molecule has 0 radical (unpaired) electrons. The van der Waals surface area contributed by atoms with E-state index in [1.165, 1.54) is 6.07 Å². The van der Waals surface area contributed by atoms with Crippen molar-refractivity contribution >= 4 is 34.7 Å². The standard InChI is InChI=1S/C47H58FN11O3/c1-4-47(46(62)52-30(2)3)18-23-57(24-19-47)42-13-5-32(26-49-42)44-41-15-20-50-59(41)29-40(54-44)33-27-51-58(28-33)36-9-7-35(8-10-36)56-21-16-31(17-22-56)37-11-6-34(25-38(37)48)53-39-12-14-43(60)55-45(39)61/h5-6,11,13,15,20,25-31,35-36,39,53H,4,7-10,12,14,16-19,21-24H2,1-3H3,(H,52,62)(H,55,60,61)/t35?,36?,39-/m0/s1. The van der Waals surface area contributed by atoms with Crippen LogP contribution in [0.2, 0.25) is 0 Å². The van der Waals surface area contributed by atoms with Crippen LogP contribution in [0.1, 0.15) is 109 Å². The van der Waals surface area contributed by atoms with Gasteiger partial charge in [0.15, 0.2) is 0 Å². The molecule has 4 fully saturated rings. The Labute approximate surface area is 362 Å². The number of hydrogen-bond acceptors (Lipinski definition) is 10. The zero-order valence-corrected chi connectivity index (χ0v) is 36.0. The second kappa shape index (κ2) is 17.6. The molecule has 0 unspecified atom stereocenters. The van der Waals surface area contributed by atoms with Crippen LogP contribution in [0.5, 0.6) is 0 Å². The Morgan fingerprint density at radius 3 is 2.37 bits per heavy atom. The van der Waals surface area contributed by atoms with E-state index in [1.807, 2.05) is 55.2 Å². The third-order valence-electron chi connectivity index (χ3n) is 14.0. The maximum Gasteiger partial charge on any atom is 0.249 e. The molecule has 1 aliphatic carbocycles. The summed E-state index contributed by atoms with van der Waals surface area (Å²) in [6, 6.07) is 11.7. The number of carbonyl (C=O) groups excluding carboxylic acids is 3. The van der Waals surface area contributed by atoms with Crippen LogP contribution in [0.3, 0.4) is 0 Å². The van der Waals surface area contributed by atoms with E-state index >= 15 is 4.39 Å². The van der Waals surface area contributed by atoms with Crippen LogP contribution in [0.4, 0.5) is 15.9 Å². The summed E-state index contributed by atoms with van der Waals surface area (Å²) in [7, 11) is 0. The van der Waals surface area contributed by atoms with E-state index < -0.39 is 6.04 Å². The van der Waals surface area contributed by atoms with Crippen LogP contribution in [0, 0.1) is 11.2 Å². The number of fused-ring (bicyclic) bond motifs is 1. The van der Waals surface area contributed by atoms with Crippen LogP contribution < -0.4 is 20.9 Å². The Morgan fingerprint density at radius 1 is 0.903 bits per heavy atom. The monoisotopic (exact) mass is 843 g/mol. The van der Waals surface area contributed by atoms with Gasteiger partial charge in [0.25, 0.3) is 0 Å². The highest BCUT2D eigenvalue weighted by molar-refractivity contribution is 6.01. The lowest BCUT2D eigenvalue weighted by atomic mass is 9.75. The minimum atomic E-state index is -0.537. The largest absolute Gasteiger partial charge is 0.374 e. The molecule has 3 N–H and O–H groups in total. The number of amides is 3. The highest BCUT2D eigenvalue weighted by Gasteiger charge is 2.40. The first kappa shape index (κ1) is 41.6. The van der Waals surface area contributed by atoms with E-state index in [2.05, 4.69) is 60.8 Å². The first-order valence-electron chi connectivity index (χ1n) is 22.6. The van der Waals surface area contributed by atoms with Gasteiger partial charge >= 0.3 is 0 Å². The molecule has 0 bridgehead atoms. The molecule has 4 aliphatic rings. The van der Waals surface area contributed by atoms with Gasteiger partial charge in [0.2, 0.25) is 17.7 Å². The van der Waals surface area contributed by atoms with E-state index in [0.29, 0.717) is 24.2 Å². The third-order valence-corrected chi connectivity index (χ3v) is 14.0. The van der Waals surface area contributed by atoms with E-state index in [-0.39, 0.29) is 47.3 Å². The predicted molar refractivity (Wildman–Crippen MR) is 236 cm³/mol. The average Bonchev–Trinajstić information content (AvgIpc) is 3.98. The summed E-state index contributed by atoms with van der Waals surface area (Å²) in [6.45, 7) is 9.60. The van der Waals surface area contributed by atoms with Crippen molar-refractivity contribution in [3.05, 3.63) is 78.8 Å². The van der Waals surface area contributed by atoms with Gasteiger partial charge in [-0.15, -0.1) is 0 Å². The van der Waals surface area contributed by atoms with E-state index in [1.54, 1.807) is 6.20 Å². The van der Waals surface area contributed by atoms with Gasteiger partial charge in [-0.1, -0.05) is 13.0 Å². The van der Waals surface area contributed by atoms with Crippen molar-refractivity contribution in [2.45, 2.75) is 121 Å². The molecular formula is C47H58FN11O3. The summed E-state index contributed by atoms with van der Waals surface area (Å²) in [5, 5.41) is 18.0. The fourth-order valence-corrected chi connectivity index (χ4v) is 10.2. The molecule has 9 rings (SSSR count). The Bertz CT molecular complexity index is 2400. The molecule has 15 heteroatoms. The highest BCUT2D eigenvalue weighted by Crippen LogP contribution is 2.39. The molecule has 14 nitrogen and oxygen atoms in total. The molecule has 7 heterocycles. The number of nitrogens with zero attached hydrogens (tertiary/aromatic N) is 8. The van der Waals surface area contributed by atoms with Gasteiger partial charge in [-0.25, -0.2) is 18.9 Å². The number of benzene rings is 1. The highest BCUT2D eigenvalue weighted by atomic mass is 19.1. The van der Waals surface area contributed by atoms with Gasteiger partial charge < -0.3 is 20.4 Å². The quantitative estimate of drug-likeness (QED) is 0.120. The van der Waals surface area contributed by atoms with Crippen LogP contribution >= 0.6 is 0 Å². The molecule has 0 spiro atoms. The van der Waals surface area contributed by atoms with Crippen molar-refractivity contribution < 1.29 is 18.8 Å². The first-order chi connectivity index (χ1) is 30.1. The van der Waals surface area contributed by atoms with Gasteiger partial charge in [-0.05, 0) is 133 Å². The molecule has 4 aromatic heterocycles. The third kappa shape index (κ3) is 8.55. The van der Waals surface area contributed by atoms with Crippen LogP contribution in [0.25, 0.3) is 28.0 Å². The Morgan fingerprint density at radius 2 is 1.68 bits per heavy atom. The molecule has 1 saturated carbocycles. The van der Waals surface area contributed by atoms with Gasteiger partial charge in [0.1, 0.15) is 17.7 Å². The maximum absolute atomic E-state index is 15.4. The maximum atomic E-state index is 15.4. The molecular weight excluding hydrogens is 786 g/mol. The van der Waals surface area contributed by atoms with Gasteiger partial charge in [0.05, 0.1) is 47.0 Å². The first-order valence-corrected chi connectivity index (χ1v) is 22.6. The zero-order chi connectivity index (χ0) is 43.0. The second-order valence-corrected chi connectivity index (χ2v) is 18.2. The normalized spacial score (nSPS) is 22.5. The lowest BCUT2D eigenvalue weighted by molar-refractivity contribution is -0.134. The average molecular weight is 844 g/mol. The minimum Gasteiger partial charge on any atom is -0.374 e. The summed E-state index contributed by atoms with van der Waals surface area (Å²) >= 11 is 0. The molecule has 1 atom stereocenters. The van der Waals surface area contributed by atoms with Crippen LogP contribution in [0.15, 0.2) is 67.4 Å². The number of aromatic nitrogens is 6. The summed E-state index contributed by atoms with van der Waals surface area (Å²) < 4.78 is 19.4. The number of pyridine rings is 1. The molecule has 1 aromatic carbocycles. The van der Waals surface area contributed by atoms with Crippen molar-refractivity contribution in [1.29, 1.82) is 0 Å². The summed E-state index contributed by atoms with van der Waals surface area (Å²) in [6.07, 6.45) is 18.9. The lowest BCUT2D eigenvalue weighted by Gasteiger charge is -2.41. The molecule has 5 aromatic rings. The second-order valence-electron chi connectivity index (χ2n) is 18.2. The van der Waals surface area contributed by atoms with E-state index in [4.69, 9.17) is 15.1 Å². The fraction of sp³-hybridized carbons (Fsp3) is 0.511. The Balaban J connectivity index is 0.793. The van der Waals surface area contributed by atoms with Gasteiger partial charge in [-0.2, -0.15) is 10.2 Å². The molecule has 3 aliphatic heterocycles. The molecule has 3 saturated heterocycles. The van der Waals surface area contributed by atoms with E-state index in [9.17, 15) is 14.4 Å². The minimum absolute atomic E-state index is 0.130. The van der Waals surface area contributed by atoms with Crippen molar-refractivity contribution in [3.8, 4) is 22.5 Å². The molecule has 62 heavy (non-hydrogen) atoms. The van der Waals surface area contributed by atoms with Gasteiger partial charge in [-0.3, -0.25) is 24.4 Å². The topological polar surface area (TPSA) is 155 Å². The van der Waals surface area contributed by atoms with Gasteiger partial charge in [0, 0.05) is 60.8 Å². The number of anilines is 2. The Kier molecular flexibility index (Phi) is 11.8. The number of piperidine rings is 3. The summed E-state index contributed by atoms with van der Waals surface area (Å²) in [5.41, 5.74) is 5.34. The lowest BCUT2D eigenvalue weighted by Crippen LogP contribution is -2.50. The number of rotatable bonds is 11. The van der Waals surface area contributed by atoms with Crippen molar-refractivity contribution in [2.24, 2.45) is 5.41 Å². The predicted octanol–water partition coefficient (Wildman–Crippen LogP) is 6.90. The number of carbonyl (C=O) groups is 3. The number of likely N-dealkylation sites (tertiary alicyclic amines) is 1.